The molecule has 2 radical (unpaired) electrons. The molecule has 0 amide bonds. The Morgan fingerprint density at radius 2 is 2.50 bits per heavy atom. The quantitative estimate of drug-likeness (QED) is 0.382. The lowest BCUT2D eigenvalue weighted by molar-refractivity contribution is 0.0214. The van der Waals surface area contributed by atoms with Gasteiger partial charge in [0.15, 0.2) is 0 Å². The number of hydroxylamine groups is 1. The fourth-order valence-electron chi connectivity index (χ4n) is 0.114. The number of hydrogen-bond acceptors (Lipinski definition) is 2. The van der Waals surface area contributed by atoms with Crippen molar-refractivity contribution in [3.05, 3.63) is 7.05 Å². The topological polar surface area (TPSA) is 41.2 Å². The molecule has 6 heavy (non-hydrogen) atoms. The Balaban J connectivity index is 2.34. The first-order valence-electron chi connectivity index (χ1n) is 1.64. The van der Waals surface area contributed by atoms with Crippen molar-refractivity contribution >= 4 is 0 Å². The molecular weight excluding hydrogens is 82.0 g/mol. The molecule has 0 saturated carbocycles. The van der Waals surface area contributed by atoms with Crippen LogP contribution in [0.15, 0.2) is 0 Å². The standard InChI is InChI=1S/C3H7NO2/c1-4-6-3-2-5/h4H,1-3H2. The van der Waals surface area contributed by atoms with Crippen LogP contribution in [0.3, 0.4) is 0 Å². The molecule has 0 aromatic rings. The summed E-state index contributed by atoms with van der Waals surface area (Å²) in [4.78, 5) is 4.31. The van der Waals surface area contributed by atoms with Gasteiger partial charge in [-0.2, -0.15) is 0 Å². The third-order valence-corrected chi connectivity index (χ3v) is 0.287. The average Bonchev–Trinajstić information content (AvgIpc) is 1.61. The van der Waals surface area contributed by atoms with Crippen molar-refractivity contribution in [1.29, 1.82) is 0 Å². The molecule has 0 heterocycles. The van der Waals surface area contributed by atoms with E-state index in [0.29, 0.717) is 0 Å². The van der Waals surface area contributed by atoms with E-state index < -0.39 is 0 Å². The smallest absolute Gasteiger partial charge is 0.108 e. The van der Waals surface area contributed by atoms with Crippen LogP contribution in [0.25, 0.3) is 0 Å². The van der Waals surface area contributed by atoms with Crippen LogP contribution >= 0.6 is 0 Å². The Hall–Kier alpha value is -0.120. The van der Waals surface area contributed by atoms with Crippen LogP contribution in [0.1, 0.15) is 0 Å². The zero-order valence-electron chi connectivity index (χ0n) is 3.44. The van der Waals surface area contributed by atoms with Gasteiger partial charge >= 0.3 is 0 Å². The molecule has 0 fully saturated rings. The van der Waals surface area contributed by atoms with Crippen molar-refractivity contribution in [3.8, 4) is 0 Å². The SMILES string of the molecule is [CH2]NOCC[O]. The largest absolute Gasteiger partial charge is 0.299 e. The fraction of sp³-hybridized carbons (Fsp3) is 0.667. The third kappa shape index (κ3) is 3.88. The summed E-state index contributed by atoms with van der Waals surface area (Å²) in [5, 5.41) is 9.50. The van der Waals surface area contributed by atoms with E-state index in [9.17, 15) is 5.11 Å². The molecule has 0 aromatic heterocycles. The van der Waals surface area contributed by atoms with Gasteiger partial charge in [-0.25, -0.2) is 10.6 Å². The summed E-state index contributed by atoms with van der Waals surface area (Å²) in [6.45, 7) is -0.0357. The van der Waals surface area contributed by atoms with Crippen molar-refractivity contribution in [1.82, 2.24) is 5.48 Å². The molecular formula is C3H7NO2. The lowest BCUT2D eigenvalue weighted by atomic mass is 10.8. The molecule has 0 aliphatic rings. The highest BCUT2D eigenvalue weighted by Crippen LogP contribution is 1.59. The highest BCUT2D eigenvalue weighted by Gasteiger charge is 1.75. The van der Waals surface area contributed by atoms with Gasteiger partial charge in [-0.3, -0.25) is 4.84 Å². The van der Waals surface area contributed by atoms with Crippen molar-refractivity contribution in [2.45, 2.75) is 0 Å². The van der Waals surface area contributed by atoms with E-state index in [-0.39, 0.29) is 13.2 Å². The molecule has 0 unspecified atom stereocenters. The van der Waals surface area contributed by atoms with E-state index in [1.54, 1.807) is 0 Å². The molecule has 0 rings (SSSR count). The molecule has 0 aliphatic carbocycles. The molecule has 0 spiro atoms. The molecule has 36 valence electrons. The number of hydrogen-bond donors (Lipinski definition) is 1. The van der Waals surface area contributed by atoms with Gasteiger partial charge in [-0.15, -0.1) is 0 Å². The summed E-state index contributed by atoms with van der Waals surface area (Å²) in [7, 11) is 3.11. The summed E-state index contributed by atoms with van der Waals surface area (Å²) in [5.74, 6) is 0. The van der Waals surface area contributed by atoms with Gasteiger partial charge < -0.3 is 0 Å². The van der Waals surface area contributed by atoms with Crippen molar-refractivity contribution in [3.63, 3.8) is 0 Å². The fourth-order valence-corrected chi connectivity index (χ4v) is 0.114. The minimum absolute atomic E-state index is 0.184. The highest BCUT2D eigenvalue weighted by atomic mass is 16.6. The third-order valence-electron chi connectivity index (χ3n) is 0.287. The minimum atomic E-state index is -0.220. The predicted octanol–water partition coefficient (Wildman–Crippen LogP) is -0.270. The van der Waals surface area contributed by atoms with Crippen LogP contribution in [0.4, 0.5) is 0 Å². The molecule has 0 saturated heterocycles. The summed E-state index contributed by atoms with van der Waals surface area (Å²) in [6.07, 6.45) is 0. The number of rotatable bonds is 3. The van der Waals surface area contributed by atoms with E-state index >= 15 is 0 Å². The van der Waals surface area contributed by atoms with Crippen LogP contribution in [-0.2, 0) is 9.94 Å². The second kappa shape index (κ2) is 4.88. The average molecular weight is 89.1 g/mol. The normalized spacial score (nSPS) is 9.00. The minimum Gasteiger partial charge on any atom is -0.299 e. The summed E-state index contributed by atoms with van der Waals surface area (Å²) in [5.41, 5.74) is 2.12. The highest BCUT2D eigenvalue weighted by molar-refractivity contribution is 4.16. The molecule has 0 aliphatic heterocycles. The van der Waals surface area contributed by atoms with Crippen LogP contribution in [0, 0.1) is 7.05 Å². The maximum atomic E-state index is 9.50. The zero-order valence-corrected chi connectivity index (χ0v) is 3.44. The van der Waals surface area contributed by atoms with Crippen molar-refractivity contribution in [2.75, 3.05) is 13.2 Å². The maximum absolute atomic E-state index is 9.50. The predicted molar refractivity (Wildman–Crippen MR) is 20.0 cm³/mol. The summed E-state index contributed by atoms with van der Waals surface area (Å²) >= 11 is 0. The lowest BCUT2D eigenvalue weighted by Crippen LogP contribution is -2.07. The van der Waals surface area contributed by atoms with Gasteiger partial charge in [-0.1, -0.05) is 0 Å². The van der Waals surface area contributed by atoms with Gasteiger partial charge in [-0.05, 0) is 0 Å². The van der Waals surface area contributed by atoms with E-state index in [1.807, 2.05) is 0 Å². The van der Waals surface area contributed by atoms with Crippen LogP contribution < -0.4 is 5.48 Å². The van der Waals surface area contributed by atoms with E-state index in [0.717, 1.165) is 0 Å². The molecule has 3 nitrogen and oxygen atoms in total. The first kappa shape index (κ1) is 5.88. The maximum Gasteiger partial charge on any atom is 0.108 e. The Morgan fingerprint density at radius 1 is 1.83 bits per heavy atom. The van der Waals surface area contributed by atoms with Gasteiger partial charge in [0.05, 0.1) is 6.61 Å². The molecule has 0 bridgehead atoms. The second-order valence-electron chi connectivity index (χ2n) is 0.697. The second-order valence-corrected chi connectivity index (χ2v) is 0.697. The van der Waals surface area contributed by atoms with Crippen LogP contribution in [-0.4, -0.2) is 13.2 Å². The Bertz CT molecular complexity index is 20.8. The number of nitrogens with one attached hydrogen (secondary N) is 1. The Kier molecular flexibility index (Phi) is 4.78. The van der Waals surface area contributed by atoms with E-state index in [2.05, 4.69) is 17.4 Å². The van der Waals surface area contributed by atoms with E-state index in [4.69, 9.17) is 0 Å². The molecule has 1 N–H and O–H groups in total. The van der Waals surface area contributed by atoms with Crippen molar-refractivity contribution in [2.24, 2.45) is 0 Å². The van der Waals surface area contributed by atoms with Gasteiger partial charge in [0.25, 0.3) is 0 Å². The lowest BCUT2D eigenvalue weighted by Gasteiger charge is -1.91. The summed E-state index contributed by atoms with van der Waals surface area (Å²) in [6, 6.07) is 0. The van der Waals surface area contributed by atoms with Gasteiger partial charge in [0.1, 0.15) is 6.61 Å². The molecule has 0 atom stereocenters. The van der Waals surface area contributed by atoms with E-state index in [1.165, 1.54) is 0 Å². The van der Waals surface area contributed by atoms with Crippen LogP contribution in [0.2, 0.25) is 0 Å². The van der Waals surface area contributed by atoms with Gasteiger partial charge in [0, 0.05) is 7.05 Å². The Morgan fingerprint density at radius 3 is 2.67 bits per heavy atom. The van der Waals surface area contributed by atoms with Gasteiger partial charge in [0.2, 0.25) is 0 Å². The van der Waals surface area contributed by atoms with Crippen molar-refractivity contribution < 1.29 is 9.94 Å². The molecule has 0 aromatic carbocycles. The first-order chi connectivity index (χ1) is 2.91. The van der Waals surface area contributed by atoms with Crippen LogP contribution in [0.5, 0.6) is 0 Å². The zero-order chi connectivity index (χ0) is 4.83. The first-order valence-corrected chi connectivity index (χ1v) is 1.64. The monoisotopic (exact) mass is 89.0 g/mol. The molecule has 3 heteroatoms. The Labute approximate surface area is 36.9 Å². The summed E-state index contributed by atoms with van der Waals surface area (Å²) < 4.78 is 0.